The molecule has 4 aromatic rings. The molecule has 31 heavy (non-hydrogen) atoms. The molecule has 0 fully saturated rings. The summed E-state index contributed by atoms with van der Waals surface area (Å²) >= 11 is 7.28. The summed E-state index contributed by atoms with van der Waals surface area (Å²) in [5, 5.41) is 14.0. The SMILES string of the molecule is CCn1c(SCC(=O)OCc2ccc(-n3cccn3)cc2)nnc1-c1ccc(Cl)cc1. The molecule has 4 rings (SSSR count). The van der Waals surface area contributed by atoms with E-state index < -0.39 is 0 Å². The van der Waals surface area contributed by atoms with E-state index in [0.29, 0.717) is 16.7 Å². The molecule has 0 unspecified atom stereocenters. The van der Waals surface area contributed by atoms with Crippen LogP contribution in [0.5, 0.6) is 0 Å². The summed E-state index contributed by atoms with van der Waals surface area (Å²) in [4.78, 5) is 12.2. The van der Waals surface area contributed by atoms with Gasteiger partial charge in [-0.1, -0.05) is 35.5 Å². The van der Waals surface area contributed by atoms with Crippen LogP contribution in [0, 0.1) is 0 Å². The van der Waals surface area contributed by atoms with E-state index in [1.807, 2.05) is 72.3 Å². The lowest BCUT2D eigenvalue weighted by molar-refractivity contribution is -0.141. The minimum absolute atomic E-state index is 0.157. The van der Waals surface area contributed by atoms with Gasteiger partial charge < -0.3 is 9.30 Å². The average molecular weight is 454 g/mol. The first-order valence-electron chi connectivity index (χ1n) is 9.70. The number of esters is 1. The van der Waals surface area contributed by atoms with Crippen LogP contribution in [-0.2, 0) is 22.7 Å². The third-order valence-corrected chi connectivity index (χ3v) is 5.75. The molecular formula is C22H20ClN5O2S. The van der Waals surface area contributed by atoms with Gasteiger partial charge in [0.05, 0.1) is 11.4 Å². The molecule has 0 atom stereocenters. The zero-order chi connectivity index (χ0) is 21.6. The van der Waals surface area contributed by atoms with Crippen LogP contribution in [0.3, 0.4) is 0 Å². The summed E-state index contributed by atoms with van der Waals surface area (Å²) in [5.74, 6) is 0.594. The van der Waals surface area contributed by atoms with Crippen LogP contribution in [0.4, 0.5) is 0 Å². The van der Waals surface area contributed by atoms with Crippen LogP contribution in [0.15, 0.2) is 72.1 Å². The molecule has 0 amide bonds. The molecule has 0 aliphatic heterocycles. The maximum Gasteiger partial charge on any atom is 0.316 e. The van der Waals surface area contributed by atoms with Crippen molar-refractivity contribution in [2.75, 3.05) is 5.75 Å². The zero-order valence-corrected chi connectivity index (χ0v) is 18.4. The maximum atomic E-state index is 12.2. The number of nitrogens with zero attached hydrogens (tertiary/aromatic N) is 5. The van der Waals surface area contributed by atoms with Crippen molar-refractivity contribution in [3.63, 3.8) is 0 Å². The first kappa shape index (κ1) is 21.1. The highest BCUT2D eigenvalue weighted by atomic mass is 35.5. The average Bonchev–Trinajstić information content (AvgIpc) is 3.47. The van der Waals surface area contributed by atoms with Gasteiger partial charge in [0.1, 0.15) is 6.61 Å². The van der Waals surface area contributed by atoms with Crippen molar-refractivity contribution >= 4 is 29.3 Å². The molecule has 0 bridgehead atoms. The number of ether oxygens (including phenoxy) is 1. The lowest BCUT2D eigenvalue weighted by Gasteiger charge is -2.08. The Morgan fingerprint density at radius 1 is 1.10 bits per heavy atom. The number of hydrogen-bond donors (Lipinski definition) is 0. The van der Waals surface area contributed by atoms with Crippen LogP contribution in [0.25, 0.3) is 17.1 Å². The monoisotopic (exact) mass is 453 g/mol. The normalized spacial score (nSPS) is 10.9. The third-order valence-electron chi connectivity index (χ3n) is 4.56. The Morgan fingerprint density at radius 3 is 2.55 bits per heavy atom. The standard InChI is InChI=1S/C22H20ClN5O2S/c1-2-27-21(17-6-8-18(23)9-7-17)25-26-22(27)31-15-20(29)30-14-16-4-10-19(11-5-16)28-13-3-12-24-28/h3-13H,2,14-15H2,1H3. The van der Waals surface area contributed by atoms with E-state index in [4.69, 9.17) is 16.3 Å². The van der Waals surface area contributed by atoms with Crippen molar-refractivity contribution in [3.8, 4) is 17.1 Å². The molecule has 0 aliphatic carbocycles. The summed E-state index contributed by atoms with van der Waals surface area (Å²) in [7, 11) is 0. The highest BCUT2D eigenvalue weighted by Crippen LogP contribution is 2.25. The Labute approximate surface area is 189 Å². The number of hydrogen-bond acceptors (Lipinski definition) is 6. The molecule has 9 heteroatoms. The van der Waals surface area contributed by atoms with Crippen LogP contribution in [-0.4, -0.2) is 36.3 Å². The van der Waals surface area contributed by atoms with Gasteiger partial charge in [-0.25, -0.2) is 4.68 Å². The minimum atomic E-state index is -0.306. The van der Waals surface area contributed by atoms with Crippen molar-refractivity contribution in [2.45, 2.75) is 25.2 Å². The quantitative estimate of drug-likeness (QED) is 0.286. The van der Waals surface area contributed by atoms with Crippen molar-refractivity contribution in [1.29, 1.82) is 0 Å². The van der Waals surface area contributed by atoms with E-state index in [1.165, 1.54) is 11.8 Å². The molecule has 0 saturated heterocycles. The Bertz CT molecular complexity index is 1140. The molecule has 158 valence electrons. The predicted molar refractivity (Wildman–Crippen MR) is 120 cm³/mol. The molecule has 0 spiro atoms. The van der Waals surface area contributed by atoms with E-state index in [0.717, 1.165) is 22.6 Å². The molecule has 2 aromatic carbocycles. The molecule has 0 aliphatic rings. The van der Waals surface area contributed by atoms with Gasteiger partial charge in [0.15, 0.2) is 11.0 Å². The summed E-state index contributed by atoms with van der Waals surface area (Å²) in [6.07, 6.45) is 3.60. The van der Waals surface area contributed by atoms with Crippen LogP contribution in [0.2, 0.25) is 5.02 Å². The molecule has 2 aromatic heterocycles. The molecule has 0 radical (unpaired) electrons. The Balaban J connectivity index is 1.32. The van der Waals surface area contributed by atoms with E-state index in [1.54, 1.807) is 10.9 Å². The van der Waals surface area contributed by atoms with Crippen molar-refractivity contribution in [1.82, 2.24) is 24.5 Å². The number of carbonyl (C=O) groups excluding carboxylic acids is 1. The number of thioether (sulfide) groups is 1. The van der Waals surface area contributed by atoms with E-state index in [9.17, 15) is 4.79 Å². The molecule has 0 saturated carbocycles. The van der Waals surface area contributed by atoms with Gasteiger partial charge in [-0.15, -0.1) is 10.2 Å². The van der Waals surface area contributed by atoms with E-state index >= 15 is 0 Å². The van der Waals surface area contributed by atoms with Crippen molar-refractivity contribution in [3.05, 3.63) is 77.6 Å². The largest absolute Gasteiger partial charge is 0.460 e. The number of benzene rings is 2. The molecule has 2 heterocycles. The summed E-state index contributed by atoms with van der Waals surface area (Å²) in [6.45, 7) is 2.91. The van der Waals surface area contributed by atoms with Crippen LogP contribution in [0.1, 0.15) is 12.5 Å². The third kappa shape index (κ3) is 5.15. The predicted octanol–water partition coefficient (Wildman–Crippen LogP) is 4.64. The number of aromatic nitrogens is 5. The summed E-state index contributed by atoms with van der Waals surface area (Å²) in [6, 6.07) is 17.0. The van der Waals surface area contributed by atoms with Gasteiger partial charge in [0.2, 0.25) is 0 Å². The summed E-state index contributed by atoms with van der Waals surface area (Å²) < 4.78 is 9.14. The van der Waals surface area contributed by atoms with Crippen molar-refractivity contribution < 1.29 is 9.53 Å². The zero-order valence-electron chi connectivity index (χ0n) is 16.8. The first-order chi connectivity index (χ1) is 15.1. The fourth-order valence-corrected chi connectivity index (χ4v) is 3.91. The topological polar surface area (TPSA) is 74.8 Å². The smallest absolute Gasteiger partial charge is 0.316 e. The van der Waals surface area contributed by atoms with Crippen LogP contribution < -0.4 is 0 Å². The minimum Gasteiger partial charge on any atom is -0.460 e. The fraction of sp³-hybridized carbons (Fsp3) is 0.182. The number of rotatable bonds is 8. The fourth-order valence-electron chi connectivity index (χ4n) is 2.99. The van der Waals surface area contributed by atoms with E-state index in [-0.39, 0.29) is 18.3 Å². The van der Waals surface area contributed by atoms with Gasteiger partial charge in [0, 0.05) is 29.5 Å². The van der Waals surface area contributed by atoms with Crippen LogP contribution >= 0.6 is 23.4 Å². The molecular weight excluding hydrogens is 434 g/mol. The second-order valence-corrected chi connectivity index (χ2v) is 8.00. The first-order valence-corrected chi connectivity index (χ1v) is 11.1. The Hall–Kier alpha value is -3.10. The Morgan fingerprint density at radius 2 is 1.87 bits per heavy atom. The highest BCUT2D eigenvalue weighted by molar-refractivity contribution is 7.99. The second-order valence-electron chi connectivity index (χ2n) is 6.62. The van der Waals surface area contributed by atoms with Crippen molar-refractivity contribution in [2.24, 2.45) is 0 Å². The van der Waals surface area contributed by atoms with Gasteiger partial charge in [-0.05, 0) is 55.0 Å². The van der Waals surface area contributed by atoms with Gasteiger partial charge >= 0.3 is 5.97 Å². The molecule has 7 nitrogen and oxygen atoms in total. The highest BCUT2D eigenvalue weighted by Gasteiger charge is 2.15. The number of halogens is 1. The maximum absolute atomic E-state index is 12.2. The van der Waals surface area contributed by atoms with E-state index in [2.05, 4.69) is 15.3 Å². The van der Waals surface area contributed by atoms with Gasteiger partial charge in [-0.2, -0.15) is 5.10 Å². The molecule has 0 N–H and O–H groups in total. The summed E-state index contributed by atoms with van der Waals surface area (Å²) in [5.41, 5.74) is 2.79. The number of carbonyl (C=O) groups is 1. The second kappa shape index (κ2) is 9.80. The Kier molecular flexibility index (Phi) is 6.69. The lowest BCUT2D eigenvalue weighted by Crippen LogP contribution is -2.09. The van der Waals surface area contributed by atoms with Gasteiger partial charge in [0.25, 0.3) is 0 Å². The lowest BCUT2D eigenvalue weighted by atomic mass is 10.2. The van der Waals surface area contributed by atoms with Gasteiger partial charge in [-0.3, -0.25) is 4.79 Å².